The molecule has 0 bridgehead atoms. The van der Waals surface area contributed by atoms with E-state index >= 15 is 0 Å². The molecule has 1 aromatic heterocycles. The number of amides is 1. The minimum atomic E-state index is -0.201. The summed E-state index contributed by atoms with van der Waals surface area (Å²) in [6, 6.07) is 19.3. The molecule has 30 heavy (non-hydrogen) atoms. The summed E-state index contributed by atoms with van der Waals surface area (Å²) in [5.74, 6) is 1.15. The van der Waals surface area contributed by atoms with Crippen molar-refractivity contribution in [3.63, 3.8) is 0 Å². The van der Waals surface area contributed by atoms with Crippen LogP contribution in [0.3, 0.4) is 0 Å². The van der Waals surface area contributed by atoms with Gasteiger partial charge in [0.2, 0.25) is 0 Å². The van der Waals surface area contributed by atoms with Gasteiger partial charge in [-0.15, -0.1) is 0 Å². The van der Waals surface area contributed by atoms with Gasteiger partial charge < -0.3 is 14.5 Å². The highest BCUT2D eigenvalue weighted by Gasteiger charge is 2.09. The Morgan fingerprint density at radius 3 is 2.40 bits per heavy atom. The van der Waals surface area contributed by atoms with Crippen molar-refractivity contribution in [1.29, 1.82) is 0 Å². The number of nitrogens with zero attached hydrogens (tertiary/aromatic N) is 1. The molecule has 1 heterocycles. The Bertz CT molecular complexity index is 1140. The summed E-state index contributed by atoms with van der Waals surface area (Å²) in [5.41, 5.74) is 7.01. The van der Waals surface area contributed by atoms with Crippen LogP contribution in [0.4, 0.5) is 5.69 Å². The van der Waals surface area contributed by atoms with Gasteiger partial charge in [-0.3, -0.25) is 4.79 Å². The van der Waals surface area contributed by atoms with Crippen LogP contribution >= 0.6 is 0 Å². The summed E-state index contributed by atoms with van der Waals surface area (Å²) < 4.78 is 11.4. The minimum absolute atomic E-state index is 0.0352. The number of anilines is 1. The van der Waals surface area contributed by atoms with Gasteiger partial charge in [-0.25, -0.2) is 4.98 Å². The Morgan fingerprint density at radius 1 is 0.967 bits per heavy atom. The SMILES string of the molecule is Cc1ccc(OCC(=O)Nc2ccc(Cc3nc4cc(C)c(C)cc4o3)cc2)cc1. The number of oxazole rings is 1. The summed E-state index contributed by atoms with van der Waals surface area (Å²) in [7, 11) is 0. The number of carbonyl (C=O) groups is 1. The predicted molar refractivity (Wildman–Crippen MR) is 118 cm³/mol. The van der Waals surface area contributed by atoms with Crippen molar-refractivity contribution >= 4 is 22.7 Å². The van der Waals surface area contributed by atoms with Crippen molar-refractivity contribution in [1.82, 2.24) is 4.98 Å². The first-order valence-corrected chi connectivity index (χ1v) is 9.91. The Morgan fingerprint density at radius 2 is 1.67 bits per heavy atom. The normalized spacial score (nSPS) is 10.9. The molecule has 0 spiro atoms. The summed E-state index contributed by atoms with van der Waals surface area (Å²) in [4.78, 5) is 16.7. The molecule has 5 heteroatoms. The van der Waals surface area contributed by atoms with E-state index in [1.54, 1.807) is 0 Å². The molecule has 152 valence electrons. The van der Waals surface area contributed by atoms with Crippen LogP contribution in [0, 0.1) is 20.8 Å². The van der Waals surface area contributed by atoms with Crippen molar-refractivity contribution in [3.8, 4) is 5.75 Å². The van der Waals surface area contributed by atoms with Crippen LogP contribution in [0.15, 0.2) is 65.1 Å². The minimum Gasteiger partial charge on any atom is -0.484 e. The molecule has 0 aliphatic heterocycles. The summed E-state index contributed by atoms with van der Waals surface area (Å²) in [6.07, 6.45) is 0.595. The standard InChI is InChI=1S/C25H24N2O3/c1-16-4-10-21(11-5-16)29-15-24(28)26-20-8-6-19(7-9-20)14-25-27-22-12-17(2)18(3)13-23(22)30-25/h4-13H,14-15H2,1-3H3,(H,26,28). The zero-order valence-corrected chi connectivity index (χ0v) is 17.4. The number of ether oxygens (including phenoxy) is 1. The van der Waals surface area contributed by atoms with E-state index in [2.05, 4.69) is 30.2 Å². The number of rotatable bonds is 6. The molecule has 0 aliphatic carbocycles. The Balaban J connectivity index is 1.34. The number of aryl methyl sites for hydroxylation is 3. The van der Waals surface area contributed by atoms with Crippen LogP contribution in [-0.4, -0.2) is 17.5 Å². The Kier molecular flexibility index (Phi) is 5.53. The third-order valence-corrected chi connectivity index (χ3v) is 5.03. The maximum absolute atomic E-state index is 12.1. The molecule has 1 amide bonds. The van der Waals surface area contributed by atoms with Gasteiger partial charge in [0, 0.05) is 12.1 Å². The second-order valence-corrected chi connectivity index (χ2v) is 7.54. The average Bonchev–Trinajstić information content (AvgIpc) is 3.10. The molecule has 0 fully saturated rings. The largest absolute Gasteiger partial charge is 0.484 e. The molecule has 0 saturated carbocycles. The monoisotopic (exact) mass is 400 g/mol. The highest BCUT2D eigenvalue weighted by atomic mass is 16.5. The third kappa shape index (κ3) is 4.69. The van der Waals surface area contributed by atoms with Gasteiger partial charge in [0.15, 0.2) is 18.1 Å². The van der Waals surface area contributed by atoms with Gasteiger partial charge in [-0.05, 0) is 73.9 Å². The summed E-state index contributed by atoms with van der Waals surface area (Å²) in [6.45, 7) is 6.11. The van der Waals surface area contributed by atoms with E-state index in [9.17, 15) is 4.79 Å². The van der Waals surface area contributed by atoms with Crippen molar-refractivity contribution in [3.05, 3.63) is 88.8 Å². The molecule has 5 nitrogen and oxygen atoms in total. The third-order valence-electron chi connectivity index (χ3n) is 5.03. The number of hydrogen-bond acceptors (Lipinski definition) is 4. The lowest BCUT2D eigenvalue weighted by Crippen LogP contribution is -2.20. The van der Waals surface area contributed by atoms with E-state index in [4.69, 9.17) is 9.15 Å². The van der Waals surface area contributed by atoms with Gasteiger partial charge in [0.05, 0.1) is 0 Å². The van der Waals surface area contributed by atoms with E-state index < -0.39 is 0 Å². The van der Waals surface area contributed by atoms with Crippen molar-refractivity contribution in [2.75, 3.05) is 11.9 Å². The van der Waals surface area contributed by atoms with Gasteiger partial charge in [-0.1, -0.05) is 29.8 Å². The lowest BCUT2D eigenvalue weighted by molar-refractivity contribution is -0.118. The molecule has 3 aromatic carbocycles. The van der Waals surface area contributed by atoms with Gasteiger partial charge >= 0.3 is 0 Å². The molecule has 4 aromatic rings. The van der Waals surface area contributed by atoms with Crippen LogP contribution in [0.1, 0.15) is 28.1 Å². The zero-order chi connectivity index (χ0) is 21.1. The Labute approximate surface area is 175 Å². The molecule has 0 radical (unpaired) electrons. The van der Waals surface area contributed by atoms with Crippen molar-refractivity contribution in [2.45, 2.75) is 27.2 Å². The fourth-order valence-electron chi connectivity index (χ4n) is 3.16. The van der Waals surface area contributed by atoms with E-state index in [1.807, 2.05) is 61.5 Å². The van der Waals surface area contributed by atoms with Crippen LogP contribution in [0.2, 0.25) is 0 Å². The van der Waals surface area contributed by atoms with Crippen molar-refractivity contribution < 1.29 is 13.9 Å². The topological polar surface area (TPSA) is 64.4 Å². The van der Waals surface area contributed by atoms with Crippen LogP contribution in [0.25, 0.3) is 11.1 Å². The van der Waals surface area contributed by atoms with E-state index in [1.165, 1.54) is 11.1 Å². The van der Waals surface area contributed by atoms with Crippen LogP contribution < -0.4 is 10.1 Å². The first-order chi connectivity index (χ1) is 14.5. The van der Waals surface area contributed by atoms with E-state index in [0.29, 0.717) is 18.1 Å². The highest BCUT2D eigenvalue weighted by Crippen LogP contribution is 2.22. The number of carbonyl (C=O) groups excluding carboxylic acids is 1. The van der Waals surface area contributed by atoms with E-state index in [-0.39, 0.29) is 12.5 Å². The quantitative estimate of drug-likeness (QED) is 0.473. The first-order valence-electron chi connectivity index (χ1n) is 9.91. The average molecular weight is 400 g/mol. The maximum Gasteiger partial charge on any atom is 0.262 e. The molecule has 4 rings (SSSR count). The molecular weight excluding hydrogens is 376 g/mol. The van der Waals surface area contributed by atoms with Gasteiger partial charge in [0.1, 0.15) is 11.3 Å². The van der Waals surface area contributed by atoms with E-state index in [0.717, 1.165) is 27.9 Å². The van der Waals surface area contributed by atoms with Gasteiger partial charge in [-0.2, -0.15) is 0 Å². The predicted octanol–water partition coefficient (Wildman–Crippen LogP) is 5.36. The second-order valence-electron chi connectivity index (χ2n) is 7.54. The second kappa shape index (κ2) is 8.41. The maximum atomic E-state index is 12.1. The molecular formula is C25H24N2O3. The lowest BCUT2D eigenvalue weighted by atomic mass is 10.1. The lowest BCUT2D eigenvalue weighted by Gasteiger charge is -2.08. The molecule has 1 N–H and O–H groups in total. The molecule has 0 atom stereocenters. The highest BCUT2D eigenvalue weighted by molar-refractivity contribution is 5.91. The summed E-state index contributed by atoms with van der Waals surface area (Å²) in [5, 5.41) is 2.85. The molecule has 0 aliphatic rings. The number of aromatic nitrogens is 1. The fourth-order valence-corrected chi connectivity index (χ4v) is 3.16. The Hall–Kier alpha value is -3.60. The number of benzene rings is 3. The summed E-state index contributed by atoms with van der Waals surface area (Å²) >= 11 is 0. The first kappa shape index (κ1) is 19.7. The van der Waals surface area contributed by atoms with Crippen LogP contribution in [-0.2, 0) is 11.2 Å². The zero-order valence-electron chi connectivity index (χ0n) is 17.4. The smallest absolute Gasteiger partial charge is 0.262 e. The number of fused-ring (bicyclic) bond motifs is 1. The van der Waals surface area contributed by atoms with Gasteiger partial charge in [0.25, 0.3) is 5.91 Å². The molecule has 0 unspecified atom stereocenters. The number of hydrogen-bond donors (Lipinski definition) is 1. The fraction of sp³-hybridized carbons (Fsp3) is 0.200. The number of nitrogens with one attached hydrogen (secondary N) is 1. The molecule has 0 saturated heterocycles. The van der Waals surface area contributed by atoms with Crippen LogP contribution in [0.5, 0.6) is 5.75 Å². The van der Waals surface area contributed by atoms with Crippen molar-refractivity contribution in [2.24, 2.45) is 0 Å².